The molecule has 27 heavy (non-hydrogen) atoms. The van der Waals surface area contributed by atoms with Crippen molar-refractivity contribution >= 4 is 28.5 Å². The number of fused-ring (bicyclic) bond motifs is 2. The molecule has 0 radical (unpaired) electrons. The second-order valence-electron chi connectivity index (χ2n) is 6.82. The van der Waals surface area contributed by atoms with Crippen LogP contribution in [0.4, 0.5) is 5.69 Å². The highest BCUT2D eigenvalue weighted by atomic mass is 16.5. The van der Waals surface area contributed by atoms with Gasteiger partial charge in [0, 0.05) is 17.1 Å². The van der Waals surface area contributed by atoms with Gasteiger partial charge in [-0.3, -0.25) is 9.59 Å². The van der Waals surface area contributed by atoms with Crippen molar-refractivity contribution in [2.45, 2.75) is 38.8 Å². The number of anilines is 1. The van der Waals surface area contributed by atoms with Crippen molar-refractivity contribution in [1.82, 2.24) is 5.16 Å². The zero-order chi connectivity index (χ0) is 19.0. The van der Waals surface area contributed by atoms with Gasteiger partial charge in [0.1, 0.15) is 5.69 Å². The van der Waals surface area contributed by atoms with Gasteiger partial charge in [0.25, 0.3) is 5.91 Å². The third-order valence-electron chi connectivity index (χ3n) is 4.86. The first kappa shape index (κ1) is 17.3. The number of hydrogen-bond donors (Lipinski definition) is 0. The van der Waals surface area contributed by atoms with E-state index in [0.717, 1.165) is 23.1 Å². The highest BCUT2D eigenvalue weighted by Gasteiger charge is 2.34. The summed E-state index contributed by atoms with van der Waals surface area (Å²) < 4.78 is 10.6. The predicted octanol–water partition coefficient (Wildman–Crippen LogP) is 3.28. The van der Waals surface area contributed by atoms with E-state index in [0.29, 0.717) is 11.3 Å². The van der Waals surface area contributed by atoms with Gasteiger partial charge in [-0.15, -0.1) is 0 Å². The Kier molecular flexibility index (Phi) is 4.39. The van der Waals surface area contributed by atoms with Crippen LogP contribution in [0.1, 0.15) is 25.1 Å². The quantitative estimate of drug-likeness (QED) is 0.664. The van der Waals surface area contributed by atoms with E-state index in [4.69, 9.17) is 9.26 Å². The molecule has 6 heteroatoms. The lowest BCUT2D eigenvalue weighted by Gasteiger charge is -2.25. The van der Waals surface area contributed by atoms with Gasteiger partial charge >= 0.3 is 5.97 Å². The Balaban J connectivity index is 1.45. The highest BCUT2D eigenvalue weighted by molar-refractivity contribution is 5.99. The van der Waals surface area contributed by atoms with E-state index in [2.05, 4.69) is 5.16 Å². The average Bonchev–Trinajstić information content (AvgIpc) is 3.21. The Morgan fingerprint density at radius 2 is 1.96 bits per heavy atom. The largest absolute Gasteiger partial charge is 0.452 e. The molecule has 0 fully saturated rings. The number of nitrogens with zero attached hydrogens (tertiary/aromatic N) is 2. The van der Waals surface area contributed by atoms with Crippen LogP contribution in [0.2, 0.25) is 0 Å². The molecule has 2 aromatic carbocycles. The minimum Gasteiger partial charge on any atom is -0.452 e. The molecule has 0 N–H and O–H groups in total. The van der Waals surface area contributed by atoms with Crippen molar-refractivity contribution in [2.24, 2.45) is 0 Å². The number of esters is 1. The molecule has 138 valence electrons. The smallest absolute Gasteiger partial charge is 0.312 e. The van der Waals surface area contributed by atoms with E-state index >= 15 is 0 Å². The van der Waals surface area contributed by atoms with Crippen molar-refractivity contribution in [3.05, 3.63) is 59.8 Å². The lowest BCUT2D eigenvalue weighted by atomic mass is 10.1. The monoisotopic (exact) mass is 364 g/mol. The number of carbonyl (C=O) groups is 2. The van der Waals surface area contributed by atoms with Crippen molar-refractivity contribution in [3.63, 3.8) is 0 Å². The van der Waals surface area contributed by atoms with Crippen LogP contribution in [0.5, 0.6) is 0 Å². The van der Waals surface area contributed by atoms with Gasteiger partial charge in [-0.25, -0.2) is 0 Å². The lowest BCUT2D eigenvalue weighted by molar-refractivity contribution is -0.153. The summed E-state index contributed by atoms with van der Waals surface area (Å²) in [5.41, 5.74) is 3.15. The van der Waals surface area contributed by atoms with Crippen molar-refractivity contribution in [3.8, 4) is 0 Å². The third-order valence-corrected chi connectivity index (χ3v) is 4.86. The lowest BCUT2D eigenvalue weighted by Crippen LogP contribution is -2.43. The van der Waals surface area contributed by atoms with Gasteiger partial charge in [0.05, 0.1) is 6.42 Å². The van der Waals surface area contributed by atoms with E-state index in [1.807, 2.05) is 49.4 Å². The maximum Gasteiger partial charge on any atom is 0.312 e. The Morgan fingerprint density at radius 3 is 2.81 bits per heavy atom. The number of rotatable bonds is 4. The Bertz CT molecular complexity index is 1010. The first-order valence-corrected chi connectivity index (χ1v) is 8.98. The first-order valence-electron chi connectivity index (χ1n) is 8.98. The number of para-hydroxylation sites is 2. The zero-order valence-electron chi connectivity index (χ0n) is 15.2. The summed E-state index contributed by atoms with van der Waals surface area (Å²) in [5, 5.41) is 4.71. The first-order chi connectivity index (χ1) is 13.0. The molecule has 0 bridgehead atoms. The van der Waals surface area contributed by atoms with E-state index in [9.17, 15) is 9.59 Å². The molecule has 0 aliphatic carbocycles. The van der Waals surface area contributed by atoms with Crippen molar-refractivity contribution < 1.29 is 18.8 Å². The number of hydrogen-bond acceptors (Lipinski definition) is 5. The Labute approximate surface area is 156 Å². The maximum absolute atomic E-state index is 12.9. The molecule has 6 nitrogen and oxygen atoms in total. The highest BCUT2D eigenvalue weighted by Crippen LogP contribution is 2.32. The van der Waals surface area contributed by atoms with Gasteiger partial charge in [0.2, 0.25) is 0 Å². The number of ether oxygens (including phenoxy) is 1. The second kappa shape index (κ2) is 6.87. The zero-order valence-corrected chi connectivity index (χ0v) is 15.2. The molecular weight excluding hydrogens is 344 g/mol. The van der Waals surface area contributed by atoms with Gasteiger partial charge in [-0.2, -0.15) is 0 Å². The van der Waals surface area contributed by atoms with Crippen LogP contribution in [-0.2, 0) is 27.2 Å². The number of carbonyl (C=O) groups excluding carboxylic acids is 2. The van der Waals surface area contributed by atoms with Gasteiger partial charge in [-0.1, -0.05) is 35.5 Å². The molecule has 4 rings (SSSR count). The number of amides is 1. The standard InChI is InChI=1S/C21H20N2O4/c1-13-11-15-7-3-5-9-18(15)23(13)21(25)14(2)26-20(24)12-17-16-8-4-6-10-19(16)27-22-17/h3-10,13-14H,11-12H2,1-2H3/t13-,14-/m1/s1. The molecule has 1 aliphatic rings. The van der Waals surface area contributed by atoms with E-state index in [1.54, 1.807) is 17.9 Å². The summed E-state index contributed by atoms with van der Waals surface area (Å²) >= 11 is 0. The van der Waals surface area contributed by atoms with E-state index < -0.39 is 12.1 Å². The molecule has 3 aromatic rings. The number of benzene rings is 2. The molecule has 2 heterocycles. The Hall–Kier alpha value is -3.15. The molecule has 1 aliphatic heterocycles. The molecular formula is C21H20N2O4. The average molecular weight is 364 g/mol. The summed E-state index contributed by atoms with van der Waals surface area (Å²) in [6.07, 6.45) is -0.113. The predicted molar refractivity (Wildman–Crippen MR) is 100 cm³/mol. The third kappa shape index (κ3) is 3.18. The SMILES string of the molecule is C[C@@H]1Cc2ccccc2N1C(=O)[C@@H](C)OC(=O)Cc1noc2ccccc12. The van der Waals surface area contributed by atoms with Crippen LogP contribution in [0.25, 0.3) is 11.0 Å². The normalized spacial score (nSPS) is 17.0. The van der Waals surface area contributed by atoms with Crippen molar-refractivity contribution in [1.29, 1.82) is 0 Å². The molecule has 1 aromatic heterocycles. The summed E-state index contributed by atoms with van der Waals surface area (Å²) in [6, 6.07) is 15.2. The van der Waals surface area contributed by atoms with Gasteiger partial charge < -0.3 is 14.2 Å². The number of aromatic nitrogens is 1. The summed E-state index contributed by atoms with van der Waals surface area (Å²) in [4.78, 5) is 26.9. The van der Waals surface area contributed by atoms with E-state index in [-0.39, 0.29) is 18.4 Å². The van der Waals surface area contributed by atoms with Crippen LogP contribution in [0, 0.1) is 0 Å². The fraction of sp³-hybridized carbons (Fsp3) is 0.286. The fourth-order valence-electron chi connectivity index (χ4n) is 3.59. The van der Waals surface area contributed by atoms with Gasteiger partial charge in [0.15, 0.2) is 11.7 Å². The molecule has 0 spiro atoms. The minimum absolute atomic E-state index is 0.0375. The molecule has 0 unspecified atom stereocenters. The maximum atomic E-state index is 12.9. The molecule has 0 saturated carbocycles. The minimum atomic E-state index is -0.871. The molecule has 2 atom stereocenters. The summed E-state index contributed by atoms with van der Waals surface area (Å²) in [6.45, 7) is 3.60. The van der Waals surface area contributed by atoms with E-state index in [1.165, 1.54) is 0 Å². The molecule has 0 saturated heterocycles. The van der Waals surface area contributed by atoms with Crippen LogP contribution in [-0.4, -0.2) is 29.2 Å². The van der Waals surface area contributed by atoms with Crippen molar-refractivity contribution in [2.75, 3.05) is 4.90 Å². The Morgan fingerprint density at radius 1 is 1.22 bits per heavy atom. The van der Waals surface area contributed by atoms with Crippen LogP contribution < -0.4 is 4.90 Å². The summed E-state index contributed by atoms with van der Waals surface area (Å²) in [5.74, 6) is -0.721. The fourth-order valence-corrected chi connectivity index (χ4v) is 3.59. The topological polar surface area (TPSA) is 72.6 Å². The van der Waals surface area contributed by atoms with Gasteiger partial charge in [-0.05, 0) is 44.0 Å². The second-order valence-corrected chi connectivity index (χ2v) is 6.82. The van der Waals surface area contributed by atoms with Crippen LogP contribution in [0.3, 0.4) is 0 Å². The van der Waals surface area contributed by atoms with Crippen LogP contribution in [0.15, 0.2) is 53.1 Å². The van der Waals surface area contributed by atoms with Crippen LogP contribution >= 0.6 is 0 Å². The summed E-state index contributed by atoms with van der Waals surface area (Å²) in [7, 11) is 0. The molecule has 1 amide bonds.